The van der Waals surface area contributed by atoms with Crippen LogP contribution >= 0.6 is 0 Å². The van der Waals surface area contributed by atoms with Crippen molar-refractivity contribution in [3.63, 3.8) is 0 Å². The zero-order chi connectivity index (χ0) is 22.7. The van der Waals surface area contributed by atoms with E-state index in [1.807, 2.05) is 48.5 Å². The van der Waals surface area contributed by atoms with E-state index < -0.39 is 0 Å². The molecule has 0 fully saturated rings. The van der Waals surface area contributed by atoms with Crippen LogP contribution in [0.2, 0.25) is 0 Å². The van der Waals surface area contributed by atoms with Crippen LogP contribution in [0.15, 0.2) is 109 Å². The van der Waals surface area contributed by atoms with E-state index in [0.717, 1.165) is 55.6 Å². The molecule has 4 nitrogen and oxygen atoms in total. The van der Waals surface area contributed by atoms with Crippen molar-refractivity contribution in [1.82, 2.24) is 9.97 Å². The fourth-order valence-corrected chi connectivity index (χ4v) is 4.31. The van der Waals surface area contributed by atoms with Gasteiger partial charge in [0.15, 0.2) is 0 Å². The smallest absolute Gasteiger partial charge is 0.120 e. The van der Waals surface area contributed by atoms with Crippen molar-refractivity contribution in [1.29, 1.82) is 0 Å². The van der Waals surface area contributed by atoms with E-state index in [0.29, 0.717) is 13.2 Å². The molecule has 0 saturated heterocycles. The summed E-state index contributed by atoms with van der Waals surface area (Å²) < 4.78 is 12.2. The fraction of sp³-hybridized carbons (Fsp3) is 0.0667. The maximum absolute atomic E-state index is 6.08. The third-order valence-corrected chi connectivity index (χ3v) is 6.09. The number of ether oxygens (including phenoxy) is 2. The third kappa shape index (κ3) is 4.02. The minimum absolute atomic E-state index is 0.543. The summed E-state index contributed by atoms with van der Waals surface area (Å²) in [4.78, 5) is 6.81. The van der Waals surface area contributed by atoms with E-state index in [9.17, 15) is 0 Å². The second-order valence-electron chi connectivity index (χ2n) is 8.37. The first-order chi connectivity index (χ1) is 16.8. The first-order valence-electron chi connectivity index (χ1n) is 11.4. The maximum Gasteiger partial charge on any atom is 0.120 e. The van der Waals surface area contributed by atoms with Crippen molar-refractivity contribution in [3.8, 4) is 22.6 Å². The zero-order valence-corrected chi connectivity index (χ0v) is 18.6. The van der Waals surface area contributed by atoms with Gasteiger partial charge in [0.25, 0.3) is 0 Å². The Morgan fingerprint density at radius 1 is 0.500 bits per heavy atom. The zero-order valence-electron chi connectivity index (χ0n) is 18.6. The molecule has 0 atom stereocenters. The molecule has 0 aliphatic heterocycles. The molecule has 2 N–H and O–H groups in total. The summed E-state index contributed by atoms with van der Waals surface area (Å²) in [5.41, 5.74) is 6.71. The average molecular weight is 445 g/mol. The summed E-state index contributed by atoms with van der Waals surface area (Å²) in [6.07, 6.45) is 4.12. The average Bonchev–Trinajstić information content (AvgIpc) is 3.50. The molecule has 0 spiro atoms. The molecule has 166 valence electrons. The molecular formula is C30H24N2O2. The number of fused-ring (bicyclic) bond motifs is 2. The largest absolute Gasteiger partial charge is 0.489 e. The highest BCUT2D eigenvalue weighted by atomic mass is 16.5. The highest BCUT2D eigenvalue weighted by Gasteiger charge is 2.13. The first kappa shape index (κ1) is 20.2. The van der Waals surface area contributed by atoms with E-state index >= 15 is 0 Å². The predicted octanol–water partition coefficient (Wildman–Crippen LogP) is 7.47. The van der Waals surface area contributed by atoms with Gasteiger partial charge in [0, 0.05) is 45.3 Å². The van der Waals surface area contributed by atoms with Gasteiger partial charge in [-0.05, 0) is 47.5 Å². The normalized spacial score (nSPS) is 11.2. The number of hydrogen-bond donors (Lipinski definition) is 2. The van der Waals surface area contributed by atoms with Crippen molar-refractivity contribution in [2.45, 2.75) is 13.2 Å². The van der Waals surface area contributed by atoms with Crippen LogP contribution in [0.25, 0.3) is 32.9 Å². The Kier molecular flexibility index (Phi) is 5.24. The second kappa shape index (κ2) is 8.83. The molecule has 6 rings (SSSR count). The van der Waals surface area contributed by atoms with E-state index in [1.165, 1.54) is 0 Å². The molecule has 0 unspecified atom stereocenters. The molecule has 2 aromatic heterocycles. The molecule has 0 amide bonds. The van der Waals surface area contributed by atoms with Crippen LogP contribution in [-0.4, -0.2) is 9.97 Å². The van der Waals surface area contributed by atoms with Crippen LogP contribution in [0, 0.1) is 0 Å². The van der Waals surface area contributed by atoms with Gasteiger partial charge in [-0.25, -0.2) is 0 Å². The molecule has 4 aromatic carbocycles. The SMILES string of the molecule is c1ccc(COc2ccc3[nH]cc(-c4c[nH]c5ccc(OCc6ccccc6)cc45)c3c2)cc1. The topological polar surface area (TPSA) is 50.0 Å². The summed E-state index contributed by atoms with van der Waals surface area (Å²) in [5.74, 6) is 1.70. The Morgan fingerprint density at radius 3 is 1.38 bits per heavy atom. The van der Waals surface area contributed by atoms with E-state index in [1.54, 1.807) is 0 Å². The van der Waals surface area contributed by atoms with E-state index in [4.69, 9.17) is 9.47 Å². The maximum atomic E-state index is 6.08. The van der Waals surface area contributed by atoms with Crippen LogP contribution < -0.4 is 9.47 Å². The Hall–Kier alpha value is -4.44. The number of aromatic nitrogens is 2. The lowest BCUT2D eigenvalue weighted by atomic mass is 10.0. The van der Waals surface area contributed by atoms with Crippen LogP contribution in [0.4, 0.5) is 0 Å². The number of benzene rings is 4. The van der Waals surface area contributed by atoms with Crippen molar-refractivity contribution < 1.29 is 9.47 Å². The lowest BCUT2D eigenvalue weighted by Crippen LogP contribution is -1.94. The molecule has 6 aromatic rings. The molecule has 2 heterocycles. The summed E-state index contributed by atoms with van der Waals surface area (Å²) in [6.45, 7) is 1.09. The lowest BCUT2D eigenvalue weighted by molar-refractivity contribution is 0.306. The standard InChI is InChI=1S/C30H24N2O2/c1-3-7-21(8-4-1)19-33-23-11-13-29-25(15-23)27(17-31-29)28-18-32-30-14-12-24(16-26(28)30)34-20-22-9-5-2-6-10-22/h1-18,31-32H,19-20H2. The molecule has 34 heavy (non-hydrogen) atoms. The van der Waals surface area contributed by atoms with Gasteiger partial charge in [0.1, 0.15) is 24.7 Å². The van der Waals surface area contributed by atoms with Gasteiger partial charge in [0.05, 0.1) is 0 Å². The van der Waals surface area contributed by atoms with Gasteiger partial charge in [-0.2, -0.15) is 0 Å². The van der Waals surface area contributed by atoms with E-state index in [2.05, 4.69) is 70.9 Å². The van der Waals surface area contributed by atoms with Gasteiger partial charge < -0.3 is 19.4 Å². The summed E-state index contributed by atoms with van der Waals surface area (Å²) >= 11 is 0. The molecule has 0 saturated carbocycles. The van der Waals surface area contributed by atoms with Crippen LogP contribution in [0.5, 0.6) is 11.5 Å². The summed E-state index contributed by atoms with van der Waals surface area (Å²) in [7, 11) is 0. The van der Waals surface area contributed by atoms with Crippen molar-refractivity contribution in [2.24, 2.45) is 0 Å². The number of H-pyrrole nitrogens is 2. The first-order valence-corrected chi connectivity index (χ1v) is 11.4. The summed E-state index contributed by atoms with van der Waals surface area (Å²) in [5, 5.41) is 2.25. The Balaban J connectivity index is 1.30. The molecule has 0 radical (unpaired) electrons. The predicted molar refractivity (Wildman–Crippen MR) is 137 cm³/mol. The van der Waals surface area contributed by atoms with Crippen LogP contribution in [0.1, 0.15) is 11.1 Å². The van der Waals surface area contributed by atoms with Gasteiger partial charge in [-0.3, -0.25) is 0 Å². The van der Waals surface area contributed by atoms with Gasteiger partial charge in [-0.1, -0.05) is 60.7 Å². The second-order valence-corrected chi connectivity index (χ2v) is 8.37. The highest BCUT2D eigenvalue weighted by Crippen LogP contribution is 2.37. The Morgan fingerprint density at radius 2 is 0.941 bits per heavy atom. The molecule has 0 aliphatic carbocycles. The number of aromatic amines is 2. The number of nitrogens with one attached hydrogen (secondary N) is 2. The Bertz CT molecular complexity index is 1430. The van der Waals surface area contributed by atoms with Gasteiger partial charge in [-0.15, -0.1) is 0 Å². The molecule has 4 heteroatoms. The highest BCUT2D eigenvalue weighted by molar-refractivity contribution is 6.05. The van der Waals surface area contributed by atoms with Crippen molar-refractivity contribution >= 4 is 21.8 Å². The minimum atomic E-state index is 0.543. The molecular weight excluding hydrogens is 420 g/mol. The number of rotatable bonds is 7. The fourth-order valence-electron chi connectivity index (χ4n) is 4.31. The minimum Gasteiger partial charge on any atom is -0.489 e. The monoisotopic (exact) mass is 444 g/mol. The third-order valence-electron chi connectivity index (χ3n) is 6.09. The quantitative estimate of drug-likeness (QED) is 0.268. The van der Waals surface area contributed by atoms with Gasteiger partial charge >= 0.3 is 0 Å². The lowest BCUT2D eigenvalue weighted by Gasteiger charge is -2.08. The van der Waals surface area contributed by atoms with Gasteiger partial charge in [0.2, 0.25) is 0 Å². The molecule has 0 bridgehead atoms. The Labute approximate surface area is 197 Å². The van der Waals surface area contributed by atoms with Crippen LogP contribution in [0.3, 0.4) is 0 Å². The van der Waals surface area contributed by atoms with Crippen molar-refractivity contribution in [3.05, 3.63) is 121 Å². The van der Waals surface area contributed by atoms with Crippen molar-refractivity contribution in [2.75, 3.05) is 0 Å². The van der Waals surface area contributed by atoms with E-state index in [-0.39, 0.29) is 0 Å². The number of hydrogen-bond acceptors (Lipinski definition) is 2. The summed E-state index contributed by atoms with van der Waals surface area (Å²) in [6, 6.07) is 32.8. The van der Waals surface area contributed by atoms with Crippen LogP contribution in [-0.2, 0) is 13.2 Å². The molecule has 0 aliphatic rings.